The van der Waals surface area contributed by atoms with Crippen molar-refractivity contribution in [2.75, 3.05) is 13.6 Å². The van der Waals surface area contributed by atoms with Crippen LogP contribution in [0.4, 0.5) is 4.39 Å². The first-order valence-electron chi connectivity index (χ1n) is 6.44. The molecule has 0 bridgehead atoms. The Morgan fingerprint density at radius 2 is 2.28 bits per heavy atom. The second-order valence-electron chi connectivity index (χ2n) is 5.17. The zero-order valence-corrected chi connectivity index (χ0v) is 11.7. The zero-order chi connectivity index (χ0) is 13.1. The summed E-state index contributed by atoms with van der Waals surface area (Å²) in [6.07, 6.45) is 2.24. The Balaban J connectivity index is 1.88. The van der Waals surface area contributed by atoms with E-state index in [1.807, 2.05) is 0 Å². The summed E-state index contributed by atoms with van der Waals surface area (Å²) in [7, 11) is 2.15. The summed E-state index contributed by atoms with van der Waals surface area (Å²) < 4.78 is 13.6. The second kappa shape index (κ2) is 6.00. The van der Waals surface area contributed by atoms with Crippen molar-refractivity contribution in [3.8, 4) is 0 Å². The number of halogens is 2. The molecule has 1 N–H and O–H groups in total. The van der Waals surface area contributed by atoms with E-state index in [4.69, 9.17) is 11.6 Å². The first-order valence-corrected chi connectivity index (χ1v) is 6.81. The number of hydrogen-bond donors (Lipinski definition) is 1. The Morgan fingerprint density at radius 3 is 2.94 bits per heavy atom. The van der Waals surface area contributed by atoms with E-state index >= 15 is 0 Å². The summed E-state index contributed by atoms with van der Waals surface area (Å²) in [4.78, 5) is 2.36. The first-order chi connectivity index (χ1) is 8.56. The van der Waals surface area contributed by atoms with Crippen LogP contribution in [0.15, 0.2) is 18.2 Å². The quantitative estimate of drug-likeness (QED) is 0.908. The predicted molar refractivity (Wildman–Crippen MR) is 73.4 cm³/mol. The highest BCUT2D eigenvalue weighted by molar-refractivity contribution is 6.30. The van der Waals surface area contributed by atoms with Gasteiger partial charge in [0.05, 0.1) is 0 Å². The number of piperidine rings is 1. The number of rotatable bonds is 3. The molecule has 2 atom stereocenters. The second-order valence-corrected chi connectivity index (χ2v) is 5.60. The summed E-state index contributed by atoms with van der Waals surface area (Å²) in [6, 6.07) is 5.93. The van der Waals surface area contributed by atoms with E-state index in [0.717, 1.165) is 19.4 Å². The molecule has 1 aromatic carbocycles. The molecule has 0 saturated carbocycles. The van der Waals surface area contributed by atoms with Crippen molar-refractivity contribution in [2.45, 2.75) is 38.4 Å². The van der Waals surface area contributed by atoms with Gasteiger partial charge in [-0.1, -0.05) is 17.7 Å². The van der Waals surface area contributed by atoms with Gasteiger partial charge < -0.3 is 10.2 Å². The molecule has 18 heavy (non-hydrogen) atoms. The van der Waals surface area contributed by atoms with Crippen LogP contribution in [-0.4, -0.2) is 30.6 Å². The average Bonchev–Trinajstić information content (AvgIpc) is 2.32. The Hall–Kier alpha value is -0.640. The van der Waals surface area contributed by atoms with Crippen molar-refractivity contribution in [2.24, 2.45) is 0 Å². The smallest absolute Gasteiger partial charge is 0.129 e. The van der Waals surface area contributed by atoms with E-state index in [1.165, 1.54) is 6.07 Å². The molecule has 0 amide bonds. The van der Waals surface area contributed by atoms with Gasteiger partial charge in [0.1, 0.15) is 5.82 Å². The minimum atomic E-state index is -0.226. The zero-order valence-electron chi connectivity index (χ0n) is 10.9. The lowest BCUT2D eigenvalue weighted by Crippen LogP contribution is -2.45. The van der Waals surface area contributed by atoms with Crippen LogP contribution in [0.3, 0.4) is 0 Å². The summed E-state index contributed by atoms with van der Waals surface area (Å²) in [5.74, 6) is -0.226. The maximum atomic E-state index is 13.6. The molecule has 2 rings (SSSR count). The lowest BCUT2D eigenvalue weighted by molar-refractivity contribution is 0.168. The third kappa shape index (κ3) is 3.44. The molecule has 0 spiro atoms. The van der Waals surface area contributed by atoms with Crippen molar-refractivity contribution in [1.82, 2.24) is 10.2 Å². The van der Waals surface area contributed by atoms with Crippen LogP contribution in [0.1, 0.15) is 25.3 Å². The number of nitrogens with zero attached hydrogens (tertiary/aromatic N) is 1. The highest BCUT2D eigenvalue weighted by atomic mass is 35.5. The largest absolute Gasteiger partial charge is 0.310 e. The standard InChI is InChI=1S/C14H20ClFN2/c1-10-7-13(5-6-18(10)2)17-9-11-3-4-12(15)8-14(11)16/h3-4,8,10,13,17H,5-7,9H2,1-2H3. The van der Waals surface area contributed by atoms with Gasteiger partial charge in [0.25, 0.3) is 0 Å². The minimum Gasteiger partial charge on any atom is -0.310 e. The average molecular weight is 271 g/mol. The third-order valence-corrected chi connectivity index (χ3v) is 4.04. The van der Waals surface area contributed by atoms with Crippen LogP contribution < -0.4 is 5.32 Å². The highest BCUT2D eigenvalue weighted by Gasteiger charge is 2.22. The van der Waals surface area contributed by atoms with E-state index in [2.05, 4.69) is 24.2 Å². The Bertz CT molecular complexity index is 411. The maximum Gasteiger partial charge on any atom is 0.129 e. The lowest BCUT2D eigenvalue weighted by atomic mass is 9.98. The van der Waals surface area contributed by atoms with Gasteiger partial charge in [-0.3, -0.25) is 0 Å². The molecule has 1 heterocycles. The van der Waals surface area contributed by atoms with Gasteiger partial charge in [-0.2, -0.15) is 0 Å². The minimum absolute atomic E-state index is 0.226. The molecule has 100 valence electrons. The van der Waals surface area contributed by atoms with Gasteiger partial charge >= 0.3 is 0 Å². The monoisotopic (exact) mass is 270 g/mol. The van der Waals surface area contributed by atoms with E-state index < -0.39 is 0 Å². The van der Waals surface area contributed by atoms with Gasteiger partial charge in [0.2, 0.25) is 0 Å². The molecule has 4 heteroatoms. The third-order valence-electron chi connectivity index (χ3n) is 3.80. The fourth-order valence-electron chi connectivity index (χ4n) is 2.39. The van der Waals surface area contributed by atoms with Crippen molar-refractivity contribution in [3.05, 3.63) is 34.6 Å². The van der Waals surface area contributed by atoms with Crippen LogP contribution in [0.25, 0.3) is 0 Å². The van der Waals surface area contributed by atoms with E-state index in [1.54, 1.807) is 12.1 Å². The van der Waals surface area contributed by atoms with Crippen LogP contribution >= 0.6 is 11.6 Å². The summed E-state index contributed by atoms with van der Waals surface area (Å²) in [5.41, 5.74) is 0.686. The maximum absolute atomic E-state index is 13.6. The van der Waals surface area contributed by atoms with Crippen molar-refractivity contribution >= 4 is 11.6 Å². The molecule has 2 unspecified atom stereocenters. The Morgan fingerprint density at radius 1 is 1.50 bits per heavy atom. The van der Waals surface area contributed by atoms with Crippen LogP contribution in [0.5, 0.6) is 0 Å². The van der Waals surface area contributed by atoms with Gasteiger partial charge in [-0.05, 0) is 45.5 Å². The molecule has 1 saturated heterocycles. The van der Waals surface area contributed by atoms with Crippen molar-refractivity contribution < 1.29 is 4.39 Å². The Labute approximate surface area is 113 Å². The van der Waals surface area contributed by atoms with E-state index in [-0.39, 0.29) is 5.82 Å². The molecule has 0 aliphatic carbocycles. The van der Waals surface area contributed by atoms with Crippen LogP contribution in [0.2, 0.25) is 5.02 Å². The summed E-state index contributed by atoms with van der Waals surface area (Å²) in [6.45, 7) is 3.91. The molecule has 0 aromatic heterocycles. The van der Waals surface area contributed by atoms with Crippen molar-refractivity contribution in [3.63, 3.8) is 0 Å². The molecule has 1 fully saturated rings. The number of benzene rings is 1. The summed E-state index contributed by atoms with van der Waals surface area (Å²) in [5, 5.41) is 3.89. The molecule has 1 aromatic rings. The fourth-order valence-corrected chi connectivity index (χ4v) is 2.55. The van der Waals surface area contributed by atoms with Gasteiger partial charge in [0.15, 0.2) is 0 Å². The molecular formula is C14H20ClFN2. The number of nitrogens with one attached hydrogen (secondary N) is 1. The molecule has 2 nitrogen and oxygen atoms in total. The first kappa shape index (κ1) is 13.8. The molecule has 0 radical (unpaired) electrons. The molecule has 1 aliphatic heterocycles. The SMILES string of the molecule is CC1CC(NCc2ccc(Cl)cc2F)CCN1C. The molecular weight excluding hydrogens is 251 g/mol. The Kier molecular flexibility index (Phi) is 4.60. The predicted octanol–water partition coefficient (Wildman–Crippen LogP) is 3.05. The number of hydrogen-bond acceptors (Lipinski definition) is 2. The van der Waals surface area contributed by atoms with Gasteiger partial charge in [-0.15, -0.1) is 0 Å². The topological polar surface area (TPSA) is 15.3 Å². The number of likely N-dealkylation sites (tertiary alicyclic amines) is 1. The lowest BCUT2D eigenvalue weighted by Gasteiger charge is -2.35. The highest BCUT2D eigenvalue weighted by Crippen LogP contribution is 2.18. The summed E-state index contributed by atoms with van der Waals surface area (Å²) >= 11 is 5.74. The van der Waals surface area contributed by atoms with Gasteiger partial charge in [0, 0.05) is 29.2 Å². The molecule has 1 aliphatic rings. The van der Waals surface area contributed by atoms with Crippen LogP contribution in [0, 0.1) is 5.82 Å². The van der Waals surface area contributed by atoms with E-state index in [9.17, 15) is 4.39 Å². The normalized spacial score (nSPS) is 25.3. The van der Waals surface area contributed by atoms with E-state index in [0.29, 0.717) is 29.2 Å². The fraction of sp³-hybridized carbons (Fsp3) is 0.571. The van der Waals surface area contributed by atoms with Crippen LogP contribution in [-0.2, 0) is 6.54 Å². The van der Waals surface area contributed by atoms with Crippen molar-refractivity contribution in [1.29, 1.82) is 0 Å². The van der Waals surface area contributed by atoms with Gasteiger partial charge in [-0.25, -0.2) is 4.39 Å².